The first kappa shape index (κ1) is 16.6. The third-order valence-corrected chi connectivity index (χ3v) is 2.93. The molecule has 1 rings (SSSR count). The molecule has 1 aliphatic rings. The van der Waals surface area contributed by atoms with Gasteiger partial charge in [-0.2, -0.15) is 13.2 Å². The fourth-order valence-electron chi connectivity index (χ4n) is 1.97. The largest absolute Gasteiger partial charge is 0.493 e. The minimum Gasteiger partial charge on any atom is -0.447 e. The maximum Gasteiger partial charge on any atom is 0.493 e. The van der Waals surface area contributed by atoms with E-state index in [1.807, 2.05) is 0 Å². The molecule has 116 valence electrons. The first-order valence-electron chi connectivity index (χ1n) is 6.61. The van der Waals surface area contributed by atoms with Crippen LogP contribution in [-0.2, 0) is 14.4 Å². The number of ether oxygens (including phenoxy) is 1. The van der Waals surface area contributed by atoms with Crippen molar-refractivity contribution in [3.8, 4) is 0 Å². The molecule has 0 unspecified atom stereocenters. The summed E-state index contributed by atoms with van der Waals surface area (Å²) in [6, 6.07) is -0.556. The number of rotatable bonds is 3. The Balaban J connectivity index is 2.72. The number of alkyl halides is 3. The van der Waals surface area contributed by atoms with Crippen LogP contribution in [0.2, 0.25) is 0 Å². The molecule has 0 aromatic heterocycles. The number of amides is 1. The van der Waals surface area contributed by atoms with E-state index in [-0.39, 0.29) is 6.61 Å². The number of halogens is 3. The van der Waals surface area contributed by atoms with Gasteiger partial charge in [-0.15, -0.1) is 5.06 Å². The first-order chi connectivity index (χ1) is 9.36. The SMILES string of the molecule is CCCOC(=O)N(OC(=O)C(F)(F)F)C1CCCCC1. The van der Waals surface area contributed by atoms with Crippen LogP contribution >= 0.6 is 0 Å². The zero-order valence-electron chi connectivity index (χ0n) is 11.2. The maximum atomic E-state index is 12.2. The van der Waals surface area contributed by atoms with Gasteiger partial charge in [-0.05, 0) is 19.3 Å². The highest BCUT2D eigenvalue weighted by Gasteiger charge is 2.45. The summed E-state index contributed by atoms with van der Waals surface area (Å²) < 4.78 is 41.5. The highest BCUT2D eigenvalue weighted by Crippen LogP contribution is 2.25. The number of nitrogens with zero attached hydrogens (tertiary/aromatic N) is 1. The molecule has 0 N–H and O–H groups in total. The number of hydrogen-bond acceptors (Lipinski definition) is 4. The second-order valence-corrected chi connectivity index (χ2v) is 4.61. The Labute approximate surface area is 115 Å². The van der Waals surface area contributed by atoms with E-state index in [1.165, 1.54) is 0 Å². The third kappa shape index (κ3) is 4.90. The van der Waals surface area contributed by atoms with E-state index in [9.17, 15) is 22.8 Å². The maximum absolute atomic E-state index is 12.2. The molecule has 0 aromatic rings. The lowest BCUT2D eigenvalue weighted by Gasteiger charge is -2.31. The number of carbonyl (C=O) groups excluding carboxylic acids is 2. The van der Waals surface area contributed by atoms with Crippen LogP contribution in [0.1, 0.15) is 45.4 Å². The average Bonchev–Trinajstić information content (AvgIpc) is 2.41. The van der Waals surface area contributed by atoms with Crippen LogP contribution in [0.15, 0.2) is 0 Å². The molecule has 20 heavy (non-hydrogen) atoms. The van der Waals surface area contributed by atoms with Gasteiger partial charge in [0.05, 0.1) is 12.6 Å². The lowest BCUT2D eigenvalue weighted by Crippen LogP contribution is -2.45. The highest BCUT2D eigenvalue weighted by atomic mass is 19.4. The van der Waals surface area contributed by atoms with Crippen LogP contribution < -0.4 is 0 Å². The van der Waals surface area contributed by atoms with Gasteiger partial charge < -0.3 is 9.57 Å². The second-order valence-electron chi connectivity index (χ2n) is 4.61. The Morgan fingerprint density at radius 1 is 1.20 bits per heavy atom. The van der Waals surface area contributed by atoms with Crippen molar-refractivity contribution in [1.82, 2.24) is 5.06 Å². The fraction of sp³-hybridized carbons (Fsp3) is 0.833. The average molecular weight is 297 g/mol. The summed E-state index contributed by atoms with van der Waals surface area (Å²) in [6.07, 6.45) is -2.19. The smallest absolute Gasteiger partial charge is 0.447 e. The van der Waals surface area contributed by atoms with Gasteiger partial charge in [-0.3, -0.25) is 0 Å². The molecule has 1 fully saturated rings. The molecule has 0 atom stereocenters. The van der Waals surface area contributed by atoms with Gasteiger partial charge in [0.15, 0.2) is 0 Å². The van der Waals surface area contributed by atoms with Crippen LogP contribution in [0.25, 0.3) is 0 Å². The van der Waals surface area contributed by atoms with E-state index in [1.54, 1.807) is 6.92 Å². The van der Waals surface area contributed by atoms with Gasteiger partial charge in [0.1, 0.15) is 0 Å². The topological polar surface area (TPSA) is 55.8 Å². The van der Waals surface area contributed by atoms with Gasteiger partial charge >= 0.3 is 18.2 Å². The predicted octanol–water partition coefficient (Wildman–Crippen LogP) is 3.19. The summed E-state index contributed by atoms with van der Waals surface area (Å²) in [5.74, 6) is -2.41. The van der Waals surface area contributed by atoms with Crippen LogP contribution in [0, 0.1) is 0 Å². The van der Waals surface area contributed by atoms with Crippen LogP contribution in [-0.4, -0.2) is 36.0 Å². The normalized spacial score (nSPS) is 16.6. The Kier molecular flexibility index (Phi) is 6.09. The summed E-state index contributed by atoms with van der Waals surface area (Å²) in [6.45, 7) is 1.81. The van der Waals surface area contributed by atoms with Crippen molar-refractivity contribution in [1.29, 1.82) is 0 Å². The molecule has 0 bridgehead atoms. The molecule has 8 heteroatoms. The Morgan fingerprint density at radius 2 is 1.80 bits per heavy atom. The van der Waals surface area contributed by atoms with Crippen molar-refractivity contribution in [3.05, 3.63) is 0 Å². The summed E-state index contributed by atoms with van der Waals surface area (Å²) in [5, 5.41) is 0.449. The Morgan fingerprint density at radius 3 is 2.30 bits per heavy atom. The van der Waals surface area contributed by atoms with Crippen molar-refractivity contribution < 1.29 is 32.3 Å². The second kappa shape index (κ2) is 7.35. The van der Waals surface area contributed by atoms with Crippen molar-refractivity contribution in [2.45, 2.75) is 57.7 Å². The molecular weight excluding hydrogens is 279 g/mol. The van der Waals surface area contributed by atoms with Gasteiger partial charge in [0.2, 0.25) is 0 Å². The van der Waals surface area contributed by atoms with E-state index in [2.05, 4.69) is 4.84 Å². The minimum atomic E-state index is -5.14. The third-order valence-electron chi connectivity index (χ3n) is 2.93. The lowest BCUT2D eigenvalue weighted by molar-refractivity contribution is -0.238. The van der Waals surface area contributed by atoms with Crippen LogP contribution in [0.5, 0.6) is 0 Å². The fourth-order valence-corrected chi connectivity index (χ4v) is 1.97. The first-order valence-corrected chi connectivity index (χ1v) is 6.61. The quantitative estimate of drug-likeness (QED) is 0.751. The number of carbonyl (C=O) groups is 2. The van der Waals surface area contributed by atoms with Gasteiger partial charge in [0.25, 0.3) is 0 Å². The zero-order valence-corrected chi connectivity index (χ0v) is 11.2. The number of hydrogen-bond donors (Lipinski definition) is 0. The van der Waals surface area contributed by atoms with Crippen molar-refractivity contribution in [3.63, 3.8) is 0 Å². The molecule has 5 nitrogen and oxygen atoms in total. The molecule has 0 heterocycles. The molecule has 0 aliphatic heterocycles. The summed E-state index contributed by atoms with van der Waals surface area (Å²) >= 11 is 0. The van der Waals surface area contributed by atoms with Gasteiger partial charge in [0, 0.05) is 0 Å². The predicted molar refractivity (Wildman–Crippen MR) is 62.5 cm³/mol. The summed E-state index contributed by atoms with van der Waals surface area (Å²) in [4.78, 5) is 26.8. The van der Waals surface area contributed by atoms with Crippen LogP contribution in [0.3, 0.4) is 0 Å². The van der Waals surface area contributed by atoms with Gasteiger partial charge in [-0.25, -0.2) is 9.59 Å². The zero-order chi connectivity index (χ0) is 15.2. The molecule has 0 saturated heterocycles. The van der Waals surface area contributed by atoms with Gasteiger partial charge in [-0.1, -0.05) is 26.2 Å². The summed E-state index contributed by atoms with van der Waals surface area (Å²) in [7, 11) is 0. The van der Waals surface area contributed by atoms with E-state index in [0.717, 1.165) is 19.3 Å². The lowest BCUT2D eigenvalue weighted by atomic mass is 9.95. The monoisotopic (exact) mass is 297 g/mol. The van der Waals surface area contributed by atoms with Crippen molar-refractivity contribution >= 4 is 12.1 Å². The molecule has 0 aromatic carbocycles. The van der Waals surface area contributed by atoms with Crippen LogP contribution in [0.4, 0.5) is 18.0 Å². The van der Waals surface area contributed by atoms with E-state index >= 15 is 0 Å². The van der Waals surface area contributed by atoms with Crippen molar-refractivity contribution in [2.75, 3.05) is 6.61 Å². The molecule has 1 amide bonds. The molecule has 0 spiro atoms. The van der Waals surface area contributed by atoms with E-state index in [4.69, 9.17) is 4.74 Å². The molecule has 1 aliphatic carbocycles. The highest BCUT2D eigenvalue weighted by molar-refractivity contribution is 5.77. The van der Waals surface area contributed by atoms with E-state index in [0.29, 0.717) is 24.3 Å². The minimum absolute atomic E-state index is 0.0611. The summed E-state index contributed by atoms with van der Waals surface area (Å²) in [5.41, 5.74) is 0. The Bertz CT molecular complexity index is 340. The molecule has 1 saturated carbocycles. The van der Waals surface area contributed by atoms with E-state index < -0.39 is 24.3 Å². The molecular formula is C12H18F3NO4. The standard InChI is InChI=1S/C12H18F3NO4/c1-2-8-19-11(18)16(9-6-4-3-5-7-9)20-10(17)12(13,14)15/h9H,2-8H2,1H3. The molecule has 0 radical (unpaired) electrons. The van der Waals surface area contributed by atoms with Crippen molar-refractivity contribution in [2.24, 2.45) is 0 Å². The number of hydroxylamine groups is 2. The Hall–Kier alpha value is -1.47.